The van der Waals surface area contributed by atoms with Gasteiger partial charge in [-0.2, -0.15) is 3.71 Å². The van der Waals surface area contributed by atoms with E-state index >= 15 is 0 Å². The van der Waals surface area contributed by atoms with Gasteiger partial charge in [0.15, 0.2) is 0 Å². The molecule has 0 spiro atoms. The van der Waals surface area contributed by atoms with Crippen LogP contribution in [0, 0.1) is 6.92 Å². The Bertz CT molecular complexity index is 1090. The molecule has 3 aromatic carbocycles. The molecule has 0 aromatic heterocycles. The molecule has 0 bridgehead atoms. The molecule has 8 heteroatoms. The van der Waals surface area contributed by atoms with Crippen molar-refractivity contribution >= 4 is 41.7 Å². The maximum absolute atomic E-state index is 13.3. The van der Waals surface area contributed by atoms with E-state index in [1.807, 2.05) is 6.92 Å². The fourth-order valence-electron chi connectivity index (χ4n) is 2.52. The lowest BCUT2D eigenvalue weighted by Gasteiger charge is -2.25. The molecule has 0 heterocycles. The van der Waals surface area contributed by atoms with Crippen molar-refractivity contribution in [3.8, 4) is 0 Å². The van der Waals surface area contributed by atoms with Crippen LogP contribution in [0.25, 0.3) is 0 Å². The first-order chi connectivity index (χ1) is 12.7. The summed E-state index contributed by atoms with van der Waals surface area (Å²) < 4.78 is 54.1. The first-order valence-electron chi connectivity index (χ1n) is 7.91. The third-order valence-corrected chi connectivity index (χ3v) is 8.63. The number of nitrogens with zero attached hydrogens (tertiary/aromatic N) is 1. The summed E-state index contributed by atoms with van der Waals surface area (Å²) in [5, 5.41) is 0. The number of halogens is 1. The molecule has 5 nitrogen and oxygen atoms in total. The van der Waals surface area contributed by atoms with Crippen LogP contribution in [-0.4, -0.2) is 16.8 Å². The van der Waals surface area contributed by atoms with Crippen molar-refractivity contribution in [1.82, 2.24) is 0 Å². The highest BCUT2D eigenvalue weighted by atomic mass is 79.9. The fourth-order valence-corrected chi connectivity index (χ4v) is 7.20. The molecule has 0 saturated heterocycles. The van der Waals surface area contributed by atoms with Gasteiger partial charge in [0.2, 0.25) is 0 Å². The zero-order valence-corrected chi connectivity index (χ0v) is 17.5. The molecule has 0 fully saturated rings. The van der Waals surface area contributed by atoms with Gasteiger partial charge < -0.3 is 0 Å². The molecule has 0 aliphatic rings. The van der Waals surface area contributed by atoms with Gasteiger partial charge in [0, 0.05) is 4.47 Å². The van der Waals surface area contributed by atoms with Crippen LogP contribution in [0.15, 0.2) is 93.1 Å². The molecule has 0 aliphatic carbocycles. The third kappa shape index (κ3) is 3.78. The van der Waals surface area contributed by atoms with E-state index in [1.54, 1.807) is 48.5 Å². The second-order valence-electron chi connectivity index (χ2n) is 5.79. The van der Waals surface area contributed by atoms with Crippen molar-refractivity contribution in [2.24, 2.45) is 0 Å². The second kappa shape index (κ2) is 7.46. The summed E-state index contributed by atoms with van der Waals surface area (Å²) in [5.74, 6) is 0. The van der Waals surface area contributed by atoms with Gasteiger partial charge >= 0.3 is 0 Å². The Morgan fingerprint density at radius 3 is 1.56 bits per heavy atom. The Kier molecular flexibility index (Phi) is 5.41. The van der Waals surface area contributed by atoms with Crippen molar-refractivity contribution in [1.29, 1.82) is 0 Å². The summed E-state index contributed by atoms with van der Waals surface area (Å²) in [6.07, 6.45) is 0. The molecule has 0 unspecified atom stereocenters. The number of anilines is 1. The first-order valence-corrected chi connectivity index (χ1v) is 11.6. The summed E-state index contributed by atoms with van der Waals surface area (Å²) in [6.45, 7) is 1.83. The maximum atomic E-state index is 13.3. The standard InChI is InChI=1S/C19H16BrNO4S2/c1-15-12-13-19(18(20)14-15)21(26(22,23)16-8-4-2-5-9-16)27(24,25)17-10-6-3-7-11-17/h2-14H,1H3. The van der Waals surface area contributed by atoms with Gasteiger partial charge in [-0.3, -0.25) is 0 Å². The Labute approximate surface area is 167 Å². The van der Waals surface area contributed by atoms with Crippen molar-refractivity contribution in [3.63, 3.8) is 0 Å². The lowest BCUT2D eigenvalue weighted by Crippen LogP contribution is -2.37. The van der Waals surface area contributed by atoms with Gasteiger partial charge in [-0.05, 0) is 64.8 Å². The SMILES string of the molecule is Cc1ccc(N(S(=O)(=O)c2ccccc2)S(=O)(=O)c2ccccc2)c(Br)c1. The van der Waals surface area contributed by atoms with Crippen LogP contribution in [0.1, 0.15) is 5.56 Å². The van der Waals surface area contributed by atoms with Crippen molar-refractivity contribution in [3.05, 3.63) is 88.9 Å². The van der Waals surface area contributed by atoms with E-state index < -0.39 is 20.0 Å². The zero-order valence-electron chi connectivity index (χ0n) is 14.3. The first kappa shape index (κ1) is 19.6. The van der Waals surface area contributed by atoms with Gasteiger partial charge in [-0.15, -0.1) is 0 Å². The summed E-state index contributed by atoms with van der Waals surface area (Å²) in [7, 11) is -8.76. The molecule has 0 amide bonds. The minimum absolute atomic E-state index is 0.0216. The highest BCUT2D eigenvalue weighted by Gasteiger charge is 2.37. The Morgan fingerprint density at radius 2 is 1.15 bits per heavy atom. The largest absolute Gasteiger partial charge is 0.277 e. The molecule has 3 rings (SSSR count). The lowest BCUT2D eigenvalue weighted by atomic mass is 10.2. The van der Waals surface area contributed by atoms with Crippen molar-refractivity contribution in [2.75, 3.05) is 3.71 Å². The average Bonchev–Trinajstić information content (AvgIpc) is 2.65. The Morgan fingerprint density at radius 1 is 0.704 bits per heavy atom. The zero-order chi connectivity index (χ0) is 19.7. The highest BCUT2D eigenvalue weighted by Crippen LogP contribution is 2.36. The van der Waals surface area contributed by atoms with E-state index in [0.717, 1.165) is 5.56 Å². The minimum atomic E-state index is -4.38. The molecule has 27 heavy (non-hydrogen) atoms. The minimum Gasteiger partial charge on any atom is -0.200 e. The van der Waals surface area contributed by atoms with E-state index in [4.69, 9.17) is 0 Å². The van der Waals surface area contributed by atoms with Gasteiger partial charge in [-0.25, -0.2) is 16.8 Å². The molecule has 0 radical (unpaired) electrons. The van der Waals surface area contributed by atoms with Crippen LogP contribution >= 0.6 is 15.9 Å². The van der Waals surface area contributed by atoms with E-state index in [9.17, 15) is 16.8 Å². The second-order valence-corrected chi connectivity index (χ2v) is 10.4. The van der Waals surface area contributed by atoms with Crippen LogP contribution in [0.4, 0.5) is 5.69 Å². The molecule has 0 atom stereocenters. The van der Waals surface area contributed by atoms with Gasteiger partial charge in [0.25, 0.3) is 20.0 Å². The van der Waals surface area contributed by atoms with E-state index in [2.05, 4.69) is 15.9 Å². The van der Waals surface area contributed by atoms with Crippen LogP contribution in [0.5, 0.6) is 0 Å². The predicted molar refractivity (Wildman–Crippen MR) is 109 cm³/mol. The van der Waals surface area contributed by atoms with Crippen LogP contribution < -0.4 is 3.71 Å². The topological polar surface area (TPSA) is 71.5 Å². The quantitative estimate of drug-likeness (QED) is 0.561. The van der Waals surface area contributed by atoms with Crippen LogP contribution in [-0.2, 0) is 20.0 Å². The van der Waals surface area contributed by atoms with Crippen LogP contribution in [0.3, 0.4) is 0 Å². The molecule has 0 saturated carbocycles. The van der Waals surface area contributed by atoms with E-state index in [0.29, 0.717) is 8.18 Å². The van der Waals surface area contributed by atoms with Crippen LogP contribution in [0.2, 0.25) is 0 Å². The summed E-state index contributed by atoms with van der Waals surface area (Å²) in [6, 6.07) is 19.8. The molecule has 0 N–H and O–H groups in total. The Balaban J connectivity index is 2.31. The number of rotatable bonds is 5. The van der Waals surface area contributed by atoms with Gasteiger partial charge in [0.05, 0.1) is 15.5 Å². The molecule has 3 aromatic rings. The number of sulfonamides is 2. The number of benzene rings is 3. The number of aryl methyl sites for hydroxylation is 1. The predicted octanol–water partition coefficient (Wildman–Crippen LogP) is 4.34. The summed E-state index contributed by atoms with van der Waals surface area (Å²) in [4.78, 5) is -0.228. The monoisotopic (exact) mass is 465 g/mol. The Hall–Kier alpha value is -2.16. The number of hydrogen-bond acceptors (Lipinski definition) is 4. The highest BCUT2D eigenvalue weighted by molar-refractivity contribution is 9.10. The van der Waals surface area contributed by atoms with E-state index in [-0.39, 0.29) is 15.5 Å². The normalized spacial score (nSPS) is 11.9. The third-order valence-electron chi connectivity index (χ3n) is 3.82. The average molecular weight is 466 g/mol. The summed E-state index contributed by atoms with van der Waals surface area (Å²) in [5.41, 5.74) is 0.882. The van der Waals surface area contributed by atoms with Crippen molar-refractivity contribution < 1.29 is 16.8 Å². The fraction of sp³-hybridized carbons (Fsp3) is 0.0526. The lowest BCUT2D eigenvalue weighted by molar-refractivity contribution is 0.584. The molecule has 0 aliphatic heterocycles. The molecular formula is C19H16BrNO4S2. The molecular weight excluding hydrogens is 450 g/mol. The van der Waals surface area contributed by atoms with E-state index in [1.165, 1.54) is 30.3 Å². The number of hydrogen-bond donors (Lipinski definition) is 0. The van der Waals surface area contributed by atoms with Crippen molar-refractivity contribution in [2.45, 2.75) is 16.7 Å². The van der Waals surface area contributed by atoms with Gasteiger partial charge in [-0.1, -0.05) is 42.5 Å². The molecule has 140 valence electrons. The maximum Gasteiger partial charge on any atom is 0.277 e. The smallest absolute Gasteiger partial charge is 0.200 e. The summed E-state index contributed by atoms with van der Waals surface area (Å²) >= 11 is 3.31. The van der Waals surface area contributed by atoms with Gasteiger partial charge in [0.1, 0.15) is 0 Å².